The quantitative estimate of drug-likeness (QED) is 0.817. The third kappa shape index (κ3) is 2.83. The predicted octanol–water partition coefficient (Wildman–Crippen LogP) is 1.16. The second-order valence-electron chi connectivity index (χ2n) is 5.47. The number of carboxylic acid groups (broad SMARTS) is 1. The molecule has 2 aliphatic rings. The van der Waals surface area contributed by atoms with E-state index in [1.54, 1.807) is 6.92 Å². The van der Waals surface area contributed by atoms with Crippen molar-refractivity contribution in [2.75, 3.05) is 26.2 Å². The van der Waals surface area contributed by atoms with Gasteiger partial charge < -0.3 is 19.6 Å². The van der Waals surface area contributed by atoms with Crippen LogP contribution in [0.5, 0.6) is 0 Å². The lowest BCUT2D eigenvalue weighted by Crippen LogP contribution is -2.61. The molecule has 1 atom stereocenters. The molecule has 0 radical (unpaired) electrons. The maximum absolute atomic E-state index is 12.0. The topological polar surface area (TPSA) is 70.1 Å². The number of hydrogen-bond donors (Lipinski definition) is 1. The van der Waals surface area contributed by atoms with Crippen molar-refractivity contribution in [2.45, 2.75) is 44.8 Å². The van der Waals surface area contributed by atoms with Crippen LogP contribution in [-0.4, -0.2) is 64.8 Å². The first-order valence-corrected chi connectivity index (χ1v) is 6.92. The molecule has 1 N–H and O–H groups in total. The van der Waals surface area contributed by atoms with Crippen LogP contribution in [0.1, 0.15) is 33.1 Å². The fourth-order valence-corrected chi connectivity index (χ4v) is 2.99. The van der Waals surface area contributed by atoms with Gasteiger partial charge in [-0.25, -0.2) is 4.79 Å². The summed E-state index contributed by atoms with van der Waals surface area (Å²) in [6, 6.07) is 0. The van der Waals surface area contributed by atoms with Gasteiger partial charge in [0.15, 0.2) is 0 Å². The van der Waals surface area contributed by atoms with Gasteiger partial charge in [0.2, 0.25) is 0 Å². The van der Waals surface area contributed by atoms with Gasteiger partial charge in [0, 0.05) is 26.2 Å². The Balaban J connectivity index is 2.04. The molecule has 2 heterocycles. The summed E-state index contributed by atoms with van der Waals surface area (Å²) < 4.78 is 5.92. The third-order valence-electron chi connectivity index (χ3n) is 4.00. The Kier molecular flexibility index (Phi) is 3.99. The lowest BCUT2D eigenvalue weighted by Gasteiger charge is -2.48. The molecule has 6 heteroatoms. The number of piperidine rings is 1. The van der Waals surface area contributed by atoms with Gasteiger partial charge in [-0.05, 0) is 26.2 Å². The number of carbonyl (C=O) groups excluding carboxylic acids is 1. The lowest BCUT2D eigenvalue weighted by molar-refractivity contribution is -0.188. The molecule has 0 bridgehead atoms. The summed E-state index contributed by atoms with van der Waals surface area (Å²) in [5.41, 5.74) is -0.353. The fourth-order valence-electron chi connectivity index (χ4n) is 2.99. The molecule has 6 nitrogen and oxygen atoms in total. The van der Waals surface area contributed by atoms with Crippen molar-refractivity contribution in [3.8, 4) is 0 Å². The SMILES string of the molecule is CCCN1CC2(CCN(C(=O)O)CC2)OC(C)C1=O. The highest BCUT2D eigenvalue weighted by molar-refractivity contribution is 5.81. The summed E-state index contributed by atoms with van der Waals surface area (Å²) in [6.45, 7) is 6.14. The molecule has 19 heavy (non-hydrogen) atoms. The van der Waals surface area contributed by atoms with E-state index in [9.17, 15) is 9.59 Å². The standard InChI is InChI=1S/C13H22N2O4/c1-3-6-15-9-13(19-10(2)11(15)16)4-7-14(8-5-13)12(17)18/h10H,3-9H2,1-2H3,(H,17,18). The van der Waals surface area contributed by atoms with Crippen molar-refractivity contribution < 1.29 is 19.4 Å². The number of morpholine rings is 1. The van der Waals surface area contributed by atoms with E-state index in [4.69, 9.17) is 9.84 Å². The van der Waals surface area contributed by atoms with Crippen LogP contribution in [0.15, 0.2) is 0 Å². The van der Waals surface area contributed by atoms with Crippen LogP contribution in [0.4, 0.5) is 4.79 Å². The molecule has 1 unspecified atom stereocenters. The van der Waals surface area contributed by atoms with Crippen LogP contribution in [-0.2, 0) is 9.53 Å². The molecule has 0 saturated carbocycles. The minimum Gasteiger partial charge on any atom is -0.465 e. The van der Waals surface area contributed by atoms with Gasteiger partial charge in [0.25, 0.3) is 5.91 Å². The van der Waals surface area contributed by atoms with Crippen LogP contribution in [0.25, 0.3) is 0 Å². The van der Waals surface area contributed by atoms with E-state index in [1.807, 2.05) is 11.8 Å². The maximum atomic E-state index is 12.0. The van der Waals surface area contributed by atoms with Gasteiger partial charge in [-0.2, -0.15) is 0 Å². The molecule has 2 fully saturated rings. The van der Waals surface area contributed by atoms with Gasteiger partial charge in [-0.3, -0.25) is 4.79 Å². The van der Waals surface area contributed by atoms with Gasteiger partial charge in [0.1, 0.15) is 6.10 Å². The fraction of sp³-hybridized carbons (Fsp3) is 0.846. The molecule has 2 saturated heterocycles. The highest BCUT2D eigenvalue weighted by Gasteiger charge is 2.45. The minimum absolute atomic E-state index is 0.0492. The minimum atomic E-state index is -0.875. The average molecular weight is 270 g/mol. The number of amides is 2. The van der Waals surface area contributed by atoms with Gasteiger partial charge in [-0.15, -0.1) is 0 Å². The van der Waals surface area contributed by atoms with Crippen LogP contribution >= 0.6 is 0 Å². The highest BCUT2D eigenvalue weighted by Crippen LogP contribution is 2.32. The third-order valence-corrected chi connectivity index (χ3v) is 4.00. The van der Waals surface area contributed by atoms with Crippen LogP contribution in [0, 0.1) is 0 Å². The first-order chi connectivity index (χ1) is 8.97. The first-order valence-electron chi connectivity index (χ1n) is 6.92. The van der Waals surface area contributed by atoms with Gasteiger partial charge >= 0.3 is 6.09 Å². The van der Waals surface area contributed by atoms with E-state index in [0.29, 0.717) is 32.5 Å². The second-order valence-corrected chi connectivity index (χ2v) is 5.47. The van der Waals surface area contributed by atoms with Crippen molar-refractivity contribution in [1.82, 2.24) is 9.80 Å². The first kappa shape index (κ1) is 14.1. The Morgan fingerprint density at radius 2 is 2.11 bits per heavy atom. The van der Waals surface area contributed by atoms with E-state index < -0.39 is 12.2 Å². The Labute approximate surface area is 113 Å². The summed E-state index contributed by atoms with van der Waals surface area (Å²) in [6.07, 6.45) is 0.959. The zero-order valence-corrected chi connectivity index (χ0v) is 11.6. The van der Waals surface area contributed by atoms with Crippen molar-refractivity contribution >= 4 is 12.0 Å². The van der Waals surface area contributed by atoms with E-state index in [2.05, 4.69) is 0 Å². The normalized spacial score (nSPS) is 26.8. The zero-order chi connectivity index (χ0) is 14.0. The highest BCUT2D eigenvalue weighted by atomic mass is 16.5. The largest absolute Gasteiger partial charge is 0.465 e. The Hall–Kier alpha value is -1.30. The zero-order valence-electron chi connectivity index (χ0n) is 11.6. The average Bonchev–Trinajstić information content (AvgIpc) is 2.36. The summed E-state index contributed by atoms with van der Waals surface area (Å²) in [5.74, 6) is 0.0492. The summed E-state index contributed by atoms with van der Waals surface area (Å²) >= 11 is 0. The maximum Gasteiger partial charge on any atom is 0.407 e. The van der Waals surface area contributed by atoms with Crippen molar-refractivity contribution in [3.05, 3.63) is 0 Å². The van der Waals surface area contributed by atoms with Crippen LogP contribution < -0.4 is 0 Å². The number of ether oxygens (including phenoxy) is 1. The van der Waals surface area contributed by atoms with Crippen LogP contribution in [0.3, 0.4) is 0 Å². The molecule has 0 aliphatic carbocycles. The Morgan fingerprint density at radius 1 is 1.47 bits per heavy atom. The van der Waals surface area contributed by atoms with Gasteiger partial charge in [0.05, 0.1) is 5.60 Å². The monoisotopic (exact) mass is 270 g/mol. The number of likely N-dealkylation sites (tertiary alicyclic amines) is 1. The summed E-state index contributed by atoms with van der Waals surface area (Å²) in [7, 11) is 0. The molecule has 2 amide bonds. The molecule has 1 spiro atoms. The number of carbonyl (C=O) groups is 2. The molecule has 2 rings (SSSR count). The van der Waals surface area contributed by atoms with Crippen molar-refractivity contribution in [2.24, 2.45) is 0 Å². The smallest absolute Gasteiger partial charge is 0.407 e. The summed E-state index contributed by atoms with van der Waals surface area (Å²) in [5, 5.41) is 8.98. The van der Waals surface area contributed by atoms with E-state index in [0.717, 1.165) is 13.0 Å². The lowest BCUT2D eigenvalue weighted by atomic mass is 9.88. The number of nitrogens with zero attached hydrogens (tertiary/aromatic N) is 2. The number of rotatable bonds is 2. The molecule has 2 aliphatic heterocycles. The second kappa shape index (κ2) is 5.36. The molecular weight excluding hydrogens is 248 g/mol. The molecule has 0 aromatic carbocycles. The van der Waals surface area contributed by atoms with Crippen molar-refractivity contribution in [3.63, 3.8) is 0 Å². The van der Waals surface area contributed by atoms with E-state index in [1.165, 1.54) is 4.90 Å². The van der Waals surface area contributed by atoms with E-state index in [-0.39, 0.29) is 11.5 Å². The molecule has 0 aromatic heterocycles. The molecule has 108 valence electrons. The Bertz CT molecular complexity index is 364. The van der Waals surface area contributed by atoms with Crippen molar-refractivity contribution in [1.29, 1.82) is 0 Å². The summed E-state index contributed by atoms with van der Waals surface area (Å²) in [4.78, 5) is 26.2. The Morgan fingerprint density at radius 3 is 2.63 bits per heavy atom. The van der Waals surface area contributed by atoms with Gasteiger partial charge in [-0.1, -0.05) is 6.92 Å². The number of hydrogen-bond acceptors (Lipinski definition) is 3. The predicted molar refractivity (Wildman–Crippen MR) is 69.0 cm³/mol. The molecule has 0 aromatic rings. The van der Waals surface area contributed by atoms with E-state index >= 15 is 0 Å². The molecular formula is C13H22N2O4. The van der Waals surface area contributed by atoms with Crippen LogP contribution in [0.2, 0.25) is 0 Å².